The molecular weight excluding hydrogens is 454 g/mol. The van der Waals surface area contributed by atoms with Crippen LogP contribution in [0.2, 0.25) is 0 Å². The highest BCUT2D eigenvalue weighted by atomic mass is 32.1. The van der Waals surface area contributed by atoms with Crippen molar-refractivity contribution in [1.82, 2.24) is 15.5 Å². The molecule has 0 aliphatic heterocycles. The second-order valence-electron chi connectivity index (χ2n) is 11.1. The van der Waals surface area contributed by atoms with Gasteiger partial charge in [-0.1, -0.05) is 13.0 Å². The molecule has 34 heavy (non-hydrogen) atoms. The Hall–Kier alpha value is -2.42. The predicted octanol–water partition coefficient (Wildman–Crippen LogP) is 3.72. The summed E-state index contributed by atoms with van der Waals surface area (Å²) in [5, 5.41) is 15.6. The van der Waals surface area contributed by atoms with E-state index < -0.39 is 35.2 Å². The molecule has 1 aliphatic rings. The molecule has 0 saturated heterocycles. The zero-order chi connectivity index (χ0) is 26.0. The molecule has 0 spiro atoms. The van der Waals surface area contributed by atoms with E-state index in [9.17, 15) is 19.5 Å². The maximum Gasteiger partial charge on any atom is 0.408 e. The molecule has 1 saturated carbocycles. The number of benzene rings is 1. The highest BCUT2D eigenvalue weighted by molar-refractivity contribution is 7.80. The number of phenols is 1. The lowest BCUT2D eigenvalue weighted by Crippen LogP contribution is -2.56. The van der Waals surface area contributed by atoms with Crippen molar-refractivity contribution in [3.63, 3.8) is 0 Å². The van der Waals surface area contributed by atoms with Crippen LogP contribution in [0.3, 0.4) is 0 Å². The van der Waals surface area contributed by atoms with Crippen LogP contribution in [0.1, 0.15) is 72.1 Å². The summed E-state index contributed by atoms with van der Waals surface area (Å²) in [6, 6.07) is 2.81. The minimum absolute atomic E-state index is 0.0396. The monoisotopic (exact) mass is 493 g/mol. The van der Waals surface area contributed by atoms with Gasteiger partial charge in [0.15, 0.2) is 0 Å². The van der Waals surface area contributed by atoms with E-state index in [1.54, 1.807) is 44.7 Å². The number of aromatic hydroxyl groups is 1. The minimum Gasteiger partial charge on any atom is -0.508 e. The van der Waals surface area contributed by atoms with Gasteiger partial charge in [-0.3, -0.25) is 9.59 Å². The first-order valence-electron chi connectivity index (χ1n) is 11.6. The van der Waals surface area contributed by atoms with Crippen molar-refractivity contribution in [2.45, 2.75) is 91.1 Å². The van der Waals surface area contributed by atoms with Gasteiger partial charge >= 0.3 is 6.09 Å². The molecular formula is C25H39N3O5S. The molecule has 2 rings (SSSR count). The van der Waals surface area contributed by atoms with Crippen LogP contribution in [0.5, 0.6) is 5.75 Å². The van der Waals surface area contributed by atoms with Crippen molar-refractivity contribution in [3.05, 3.63) is 29.3 Å². The summed E-state index contributed by atoms with van der Waals surface area (Å²) in [7, 11) is 0. The lowest BCUT2D eigenvalue weighted by molar-refractivity contribution is -0.143. The first-order chi connectivity index (χ1) is 15.5. The number of ether oxygens (including phenoxy) is 1. The molecule has 1 aromatic rings. The maximum atomic E-state index is 13.8. The van der Waals surface area contributed by atoms with Crippen LogP contribution in [-0.2, 0) is 14.3 Å². The van der Waals surface area contributed by atoms with Gasteiger partial charge in [-0.15, -0.1) is 0 Å². The molecule has 1 aliphatic carbocycles. The van der Waals surface area contributed by atoms with Crippen molar-refractivity contribution in [2.75, 3.05) is 5.75 Å². The van der Waals surface area contributed by atoms with Crippen molar-refractivity contribution >= 4 is 30.5 Å². The van der Waals surface area contributed by atoms with Gasteiger partial charge in [0, 0.05) is 17.3 Å². The third-order valence-electron chi connectivity index (χ3n) is 5.41. The average molecular weight is 494 g/mol. The number of amides is 3. The molecule has 0 heterocycles. The van der Waals surface area contributed by atoms with E-state index in [2.05, 4.69) is 23.3 Å². The van der Waals surface area contributed by atoms with Gasteiger partial charge < -0.3 is 25.4 Å². The summed E-state index contributed by atoms with van der Waals surface area (Å²) >= 11 is 4.30. The van der Waals surface area contributed by atoms with E-state index >= 15 is 0 Å². The molecule has 1 fully saturated rings. The van der Waals surface area contributed by atoms with Gasteiger partial charge in [-0.05, 0) is 84.1 Å². The number of hydrogen-bond acceptors (Lipinski definition) is 6. The quantitative estimate of drug-likeness (QED) is 0.433. The van der Waals surface area contributed by atoms with Crippen LogP contribution in [0.15, 0.2) is 18.2 Å². The van der Waals surface area contributed by atoms with Crippen molar-refractivity contribution in [3.8, 4) is 5.75 Å². The van der Waals surface area contributed by atoms with Gasteiger partial charge in [0.2, 0.25) is 11.8 Å². The van der Waals surface area contributed by atoms with E-state index in [4.69, 9.17) is 4.74 Å². The highest BCUT2D eigenvalue weighted by Crippen LogP contribution is 2.41. The smallest absolute Gasteiger partial charge is 0.408 e. The van der Waals surface area contributed by atoms with E-state index in [0.29, 0.717) is 11.1 Å². The molecule has 0 aromatic heterocycles. The Morgan fingerprint density at radius 3 is 2.24 bits per heavy atom. The third kappa shape index (κ3) is 7.55. The summed E-state index contributed by atoms with van der Waals surface area (Å²) in [5.74, 6) is -0.390. The lowest BCUT2D eigenvalue weighted by Gasteiger charge is -2.36. The topological polar surface area (TPSA) is 108 Å². The van der Waals surface area contributed by atoms with Gasteiger partial charge in [-0.2, -0.15) is 12.6 Å². The van der Waals surface area contributed by atoms with Crippen LogP contribution >= 0.6 is 12.6 Å². The second-order valence-corrected chi connectivity index (χ2v) is 11.5. The number of hydrogen-bond donors (Lipinski definition) is 4. The number of phenolic OH excluding ortho intramolecular Hbond substituents is 1. The number of nitrogens with one attached hydrogen (secondary N) is 2. The van der Waals surface area contributed by atoms with Crippen LogP contribution in [-0.4, -0.2) is 56.9 Å². The molecule has 0 radical (unpaired) electrons. The average Bonchev–Trinajstić information content (AvgIpc) is 3.39. The summed E-state index contributed by atoms with van der Waals surface area (Å²) in [5.41, 5.74) is -0.0692. The molecule has 0 bridgehead atoms. The van der Waals surface area contributed by atoms with Crippen LogP contribution in [0, 0.1) is 12.8 Å². The maximum absolute atomic E-state index is 13.8. The van der Waals surface area contributed by atoms with Gasteiger partial charge in [0.05, 0.1) is 0 Å². The molecule has 4 atom stereocenters. The number of thiol groups is 1. The van der Waals surface area contributed by atoms with Gasteiger partial charge in [0.1, 0.15) is 23.4 Å². The van der Waals surface area contributed by atoms with E-state index in [1.165, 1.54) is 6.07 Å². The Balaban J connectivity index is 2.48. The largest absolute Gasteiger partial charge is 0.508 e. The number of alkyl carbamates (subject to hydrolysis) is 1. The SMILES string of the molecule is Cc1cc(C(C(=O)NC(C)(C)C)N(C(=O)C(CS)NC(=O)OC(C)(C)C)C2CC2C)ccc1O. The zero-order valence-corrected chi connectivity index (χ0v) is 22.3. The molecule has 4 unspecified atom stereocenters. The Morgan fingerprint density at radius 2 is 1.79 bits per heavy atom. The van der Waals surface area contributed by atoms with E-state index in [0.717, 1.165) is 6.42 Å². The fourth-order valence-electron chi connectivity index (χ4n) is 3.71. The number of rotatable bonds is 7. The van der Waals surface area contributed by atoms with Crippen LogP contribution in [0.25, 0.3) is 0 Å². The molecule has 3 N–H and O–H groups in total. The summed E-state index contributed by atoms with van der Waals surface area (Å²) in [6.45, 7) is 14.6. The van der Waals surface area contributed by atoms with E-state index in [1.807, 2.05) is 27.7 Å². The Labute approximate surface area is 208 Å². The fraction of sp³-hybridized carbons (Fsp3) is 0.640. The van der Waals surface area contributed by atoms with Crippen molar-refractivity contribution in [2.24, 2.45) is 5.92 Å². The number of nitrogens with zero attached hydrogens (tertiary/aromatic N) is 1. The van der Waals surface area contributed by atoms with E-state index in [-0.39, 0.29) is 29.4 Å². The van der Waals surface area contributed by atoms with Crippen LogP contribution in [0.4, 0.5) is 4.79 Å². The Morgan fingerprint density at radius 1 is 1.21 bits per heavy atom. The van der Waals surface area contributed by atoms with Crippen LogP contribution < -0.4 is 10.6 Å². The zero-order valence-electron chi connectivity index (χ0n) is 21.4. The predicted molar refractivity (Wildman–Crippen MR) is 135 cm³/mol. The number of carbonyl (C=O) groups excluding carboxylic acids is 3. The second kappa shape index (κ2) is 10.5. The summed E-state index contributed by atoms with van der Waals surface area (Å²) in [6.07, 6.45) is 0.0215. The van der Waals surface area contributed by atoms with Gasteiger partial charge in [0.25, 0.3) is 0 Å². The first kappa shape index (κ1) is 27.8. The van der Waals surface area contributed by atoms with Gasteiger partial charge in [-0.25, -0.2) is 4.79 Å². The molecule has 8 nitrogen and oxygen atoms in total. The summed E-state index contributed by atoms with van der Waals surface area (Å²) in [4.78, 5) is 41.3. The first-order valence-corrected chi connectivity index (χ1v) is 12.2. The van der Waals surface area contributed by atoms with Crippen molar-refractivity contribution in [1.29, 1.82) is 0 Å². The van der Waals surface area contributed by atoms with Crippen molar-refractivity contribution < 1.29 is 24.2 Å². The number of aryl methyl sites for hydroxylation is 1. The Kier molecular flexibility index (Phi) is 8.56. The summed E-state index contributed by atoms with van der Waals surface area (Å²) < 4.78 is 5.32. The highest BCUT2D eigenvalue weighted by Gasteiger charge is 2.48. The minimum atomic E-state index is -0.978. The third-order valence-corrected chi connectivity index (χ3v) is 5.78. The Bertz CT molecular complexity index is 922. The standard InChI is InChI=1S/C25H39N3O5S/c1-14-12-18(14)28(22(31)17(13-34)26-23(32)33-25(6,7)8)20(21(30)27-24(3,4)5)16-9-10-19(29)15(2)11-16/h9-11,14,17-18,20,29,34H,12-13H2,1-8H3,(H,26,32)(H,27,30). The molecule has 3 amide bonds. The molecule has 190 valence electrons. The fourth-order valence-corrected chi connectivity index (χ4v) is 3.96. The molecule has 9 heteroatoms. The number of carbonyl (C=O) groups is 3. The molecule has 1 aromatic carbocycles. The lowest BCUT2D eigenvalue weighted by atomic mass is 9.98. The normalized spacial score (nSPS) is 19.6.